The van der Waals surface area contributed by atoms with Crippen molar-refractivity contribution in [1.29, 1.82) is 0 Å². The summed E-state index contributed by atoms with van der Waals surface area (Å²) in [6, 6.07) is 4.01. The molecule has 0 unspecified atom stereocenters. The second-order valence-electron chi connectivity index (χ2n) is 4.47. The number of nitrogens with two attached hydrogens (primary N) is 1. The molecule has 0 aliphatic heterocycles. The van der Waals surface area contributed by atoms with Crippen LogP contribution in [0.15, 0.2) is 17.3 Å². The molecule has 1 amide bonds. The molecule has 0 atom stereocenters. The molecule has 1 aromatic rings. The monoisotopic (exact) mass is 283 g/mol. The predicted molar refractivity (Wildman–Crippen MR) is 77.3 cm³/mol. The van der Waals surface area contributed by atoms with Crippen molar-refractivity contribution in [2.45, 2.75) is 40.2 Å². The van der Waals surface area contributed by atoms with Gasteiger partial charge in [-0.25, -0.2) is 0 Å². The number of oxime groups is 1. The quantitative estimate of drug-likeness (QED) is 0.324. The van der Waals surface area contributed by atoms with Gasteiger partial charge in [0.2, 0.25) is 5.91 Å². The number of amidine groups is 1. The van der Waals surface area contributed by atoms with Crippen LogP contribution in [0.5, 0.6) is 0 Å². The predicted octanol–water partition coefficient (Wildman–Crippen LogP) is 2.23. The van der Waals surface area contributed by atoms with Gasteiger partial charge in [0.25, 0.3) is 0 Å². The van der Waals surface area contributed by atoms with E-state index in [4.69, 9.17) is 10.9 Å². The van der Waals surface area contributed by atoms with E-state index in [1.165, 1.54) is 4.88 Å². The van der Waals surface area contributed by atoms with E-state index in [0.29, 0.717) is 19.4 Å². The highest BCUT2D eigenvalue weighted by molar-refractivity contribution is 7.11. The minimum atomic E-state index is -0.930. The zero-order valence-electron chi connectivity index (χ0n) is 11.6. The number of carbonyl (C=O) groups is 1. The van der Waals surface area contributed by atoms with Crippen LogP contribution in [0.1, 0.15) is 36.4 Å². The molecule has 0 spiro atoms. The van der Waals surface area contributed by atoms with Crippen molar-refractivity contribution < 1.29 is 10.0 Å². The number of thiophene rings is 1. The molecular weight excluding hydrogens is 262 g/mol. The molecule has 1 rings (SSSR count). The van der Waals surface area contributed by atoms with Gasteiger partial charge in [-0.05, 0) is 31.9 Å². The Morgan fingerprint density at radius 1 is 1.47 bits per heavy atom. The van der Waals surface area contributed by atoms with Gasteiger partial charge in [0.15, 0.2) is 5.84 Å². The van der Waals surface area contributed by atoms with Gasteiger partial charge in [0.05, 0.1) is 6.54 Å². The lowest BCUT2D eigenvalue weighted by atomic mass is 9.80. The average molecular weight is 283 g/mol. The maximum Gasteiger partial charge on any atom is 0.234 e. The molecular formula is C13H21N3O2S. The van der Waals surface area contributed by atoms with Crippen molar-refractivity contribution in [2.24, 2.45) is 16.3 Å². The third-order valence-electron chi connectivity index (χ3n) is 3.46. The summed E-state index contributed by atoms with van der Waals surface area (Å²) in [5.41, 5.74) is 4.76. The van der Waals surface area contributed by atoms with Crippen molar-refractivity contribution >= 4 is 23.1 Å². The van der Waals surface area contributed by atoms with Crippen molar-refractivity contribution in [1.82, 2.24) is 5.32 Å². The first-order chi connectivity index (χ1) is 9.00. The molecule has 1 heterocycles. The van der Waals surface area contributed by atoms with E-state index < -0.39 is 5.41 Å². The van der Waals surface area contributed by atoms with Crippen LogP contribution in [-0.2, 0) is 11.3 Å². The van der Waals surface area contributed by atoms with Crippen molar-refractivity contribution in [3.8, 4) is 0 Å². The van der Waals surface area contributed by atoms with Gasteiger partial charge in [-0.1, -0.05) is 19.0 Å². The Bertz CT molecular complexity index is 464. The number of nitrogens with one attached hydrogen (secondary N) is 1. The lowest BCUT2D eigenvalue weighted by Crippen LogP contribution is -2.49. The van der Waals surface area contributed by atoms with Gasteiger partial charge in [-0.15, -0.1) is 11.3 Å². The van der Waals surface area contributed by atoms with E-state index in [0.717, 1.165) is 4.88 Å². The smallest absolute Gasteiger partial charge is 0.234 e. The van der Waals surface area contributed by atoms with Crippen LogP contribution in [0.3, 0.4) is 0 Å². The third-order valence-corrected chi connectivity index (χ3v) is 4.46. The summed E-state index contributed by atoms with van der Waals surface area (Å²) in [6.07, 6.45) is 0.989. The fourth-order valence-corrected chi connectivity index (χ4v) is 2.89. The van der Waals surface area contributed by atoms with E-state index in [1.807, 2.05) is 32.9 Å². The molecule has 0 radical (unpaired) electrons. The number of amides is 1. The van der Waals surface area contributed by atoms with Crippen LogP contribution in [0.25, 0.3) is 0 Å². The van der Waals surface area contributed by atoms with Gasteiger partial charge in [-0.3, -0.25) is 4.79 Å². The number of hydrogen-bond donors (Lipinski definition) is 3. The number of hydrogen-bond acceptors (Lipinski definition) is 4. The molecule has 6 heteroatoms. The zero-order valence-corrected chi connectivity index (χ0v) is 12.4. The van der Waals surface area contributed by atoms with Gasteiger partial charge >= 0.3 is 0 Å². The molecule has 0 aliphatic carbocycles. The number of carbonyl (C=O) groups excluding carboxylic acids is 1. The van der Waals surface area contributed by atoms with Crippen LogP contribution in [0.2, 0.25) is 0 Å². The van der Waals surface area contributed by atoms with E-state index >= 15 is 0 Å². The highest BCUT2D eigenvalue weighted by Crippen LogP contribution is 2.27. The summed E-state index contributed by atoms with van der Waals surface area (Å²) >= 11 is 1.64. The normalized spacial score (nSPS) is 12.5. The Kier molecular flexibility index (Phi) is 5.35. The maximum atomic E-state index is 12.3. The van der Waals surface area contributed by atoms with E-state index in [2.05, 4.69) is 10.5 Å². The second-order valence-corrected chi connectivity index (χ2v) is 5.84. The number of nitrogens with zero attached hydrogens (tertiary/aromatic N) is 1. The van der Waals surface area contributed by atoms with Crippen LogP contribution < -0.4 is 11.1 Å². The van der Waals surface area contributed by atoms with Gasteiger partial charge in [0, 0.05) is 9.75 Å². The van der Waals surface area contributed by atoms with Crippen LogP contribution in [-0.4, -0.2) is 17.0 Å². The summed E-state index contributed by atoms with van der Waals surface area (Å²) < 4.78 is 0. The second kappa shape index (κ2) is 6.56. The molecule has 0 bridgehead atoms. The van der Waals surface area contributed by atoms with Crippen molar-refractivity contribution in [3.63, 3.8) is 0 Å². The average Bonchev–Trinajstić information content (AvgIpc) is 2.83. The summed E-state index contributed by atoms with van der Waals surface area (Å²) in [4.78, 5) is 14.6. The van der Waals surface area contributed by atoms with Crippen LogP contribution >= 0.6 is 11.3 Å². The summed E-state index contributed by atoms with van der Waals surface area (Å²) in [5, 5.41) is 14.7. The van der Waals surface area contributed by atoms with Gasteiger partial charge in [-0.2, -0.15) is 0 Å². The summed E-state index contributed by atoms with van der Waals surface area (Å²) in [5.74, 6) is -0.226. The van der Waals surface area contributed by atoms with E-state index in [-0.39, 0.29) is 11.7 Å². The minimum absolute atomic E-state index is 0.0302. The summed E-state index contributed by atoms with van der Waals surface area (Å²) in [6.45, 7) is 6.21. The summed E-state index contributed by atoms with van der Waals surface area (Å²) in [7, 11) is 0. The Morgan fingerprint density at radius 2 is 2.11 bits per heavy atom. The molecule has 5 nitrogen and oxygen atoms in total. The molecule has 0 saturated carbocycles. The fraction of sp³-hybridized carbons (Fsp3) is 0.538. The topological polar surface area (TPSA) is 87.7 Å². The molecule has 0 fully saturated rings. The molecule has 0 aliphatic rings. The van der Waals surface area contributed by atoms with Crippen LogP contribution in [0, 0.1) is 12.3 Å². The van der Waals surface area contributed by atoms with Crippen molar-refractivity contribution in [2.75, 3.05) is 0 Å². The minimum Gasteiger partial charge on any atom is -0.409 e. The lowest BCUT2D eigenvalue weighted by Gasteiger charge is -2.28. The number of rotatable bonds is 6. The Labute approximate surface area is 117 Å². The van der Waals surface area contributed by atoms with E-state index in [1.54, 1.807) is 11.3 Å². The third kappa shape index (κ3) is 3.26. The molecule has 19 heavy (non-hydrogen) atoms. The first kappa shape index (κ1) is 15.5. The fourth-order valence-electron chi connectivity index (χ4n) is 2.06. The molecule has 0 saturated heterocycles. The van der Waals surface area contributed by atoms with Crippen molar-refractivity contribution in [3.05, 3.63) is 21.9 Å². The first-order valence-corrected chi connectivity index (χ1v) is 7.13. The van der Waals surface area contributed by atoms with Gasteiger partial charge in [0.1, 0.15) is 5.41 Å². The zero-order chi connectivity index (χ0) is 14.5. The molecule has 4 N–H and O–H groups in total. The highest BCUT2D eigenvalue weighted by atomic mass is 32.1. The SMILES string of the molecule is CCC(CC)(C(=O)NCc1ccc(C)s1)C(N)=NO. The Morgan fingerprint density at radius 3 is 2.53 bits per heavy atom. The van der Waals surface area contributed by atoms with E-state index in [9.17, 15) is 4.79 Å². The first-order valence-electron chi connectivity index (χ1n) is 6.31. The molecule has 0 aromatic carbocycles. The molecule has 106 valence electrons. The number of aryl methyl sites for hydroxylation is 1. The van der Waals surface area contributed by atoms with Crippen LogP contribution in [0.4, 0.5) is 0 Å². The lowest BCUT2D eigenvalue weighted by molar-refractivity contribution is -0.128. The van der Waals surface area contributed by atoms with Gasteiger partial charge < -0.3 is 16.3 Å². The maximum absolute atomic E-state index is 12.3. The molecule has 1 aromatic heterocycles. The highest BCUT2D eigenvalue weighted by Gasteiger charge is 2.39. The Balaban J connectivity index is 2.78. The largest absolute Gasteiger partial charge is 0.409 e. The Hall–Kier alpha value is -1.56. The standard InChI is InChI=1S/C13H21N3O2S/c1-4-13(5-2,11(14)16-18)12(17)15-8-10-7-6-9(3)19-10/h6-7,18H,4-5,8H2,1-3H3,(H2,14,16)(H,15,17).